The number of nitrogens with one attached hydrogen (secondary N) is 1. The van der Waals surface area contributed by atoms with Gasteiger partial charge in [-0.25, -0.2) is 0 Å². The summed E-state index contributed by atoms with van der Waals surface area (Å²) in [6.45, 7) is 6.84. The highest BCUT2D eigenvalue weighted by Crippen LogP contribution is 1.93. The van der Waals surface area contributed by atoms with Crippen molar-refractivity contribution in [1.29, 1.82) is 0 Å². The van der Waals surface area contributed by atoms with Gasteiger partial charge in [0.05, 0.1) is 0 Å². The molecule has 0 radical (unpaired) electrons. The van der Waals surface area contributed by atoms with Crippen LogP contribution in [0.1, 0.15) is 13.8 Å². The van der Waals surface area contributed by atoms with Crippen molar-refractivity contribution in [3.63, 3.8) is 0 Å². The molecule has 0 heterocycles. The van der Waals surface area contributed by atoms with Crippen molar-refractivity contribution >= 4 is 11.8 Å². The van der Waals surface area contributed by atoms with Crippen LogP contribution < -0.4 is 11.1 Å². The molecular formula is C8H14N2O2. The molecule has 0 spiro atoms. The van der Waals surface area contributed by atoms with Crippen LogP contribution in [0.5, 0.6) is 0 Å². The molecule has 4 heteroatoms. The SMILES string of the molecule is C=CC(NC(=O)C(C)C)C(N)=O. The van der Waals surface area contributed by atoms with Gasteiger partial charge in [-0.2, -0.15) is 0 Å². The monoisotopic (exact) mass is 170 g/mol. The smallest absolute Gasteiger partial charge is 0.244 e. The number of carbonyl (C=O) groups excluding carboxylic acids is 2. The van der Waals surface area contributed by atoms with Crippen molar-refractivity contribution in [3.8, 4) is 0 Å². The predicted octanol–water partition coefficient (Wildman–Crippen LogP) is -0.202. The van der Waals surface area contributed by atoms with Gasteiger partial charge in [0, 0.05) is 5.92 Å². The first kappa shape index (κ1) is 10.7. The van der Waals surface area contributed by atoms with E-state index in [-0.39, 0.29) is 11.8 Å². The minimum Gasteiger partial charge on any atom is -0.368 e. The Morgan fingerprint density at radius 2 is 2.00 bits per heavy atom. The number of primary amides is 1. The Morgan fingerprint density at radius 3 is 2.25 bits per heavy atom. The molecule has 1 unspecified atom stereocenters. The third-order valence-electron chi connectivity index (χ3n) is 1.36. The molecule has 0 aliphatic carbocycles. The highest BCUT2D eigenvalue weighted by Gasteiger charge is 2.15. The zero-order chi connectivity index (χ0) is 9.72. The second kappa shape index (κ2) is 4.54. The Bertz CT molecular complexity index is 199. The zero-order valence-electron chi connectivity index (χ0n) is 7.33. The summed E-state index contributed by atoms with van der Waals surface area (Å²) in [7, 11) is 0. The number of hydrogen-bond donors (Lipinski definition) is 2. The summed E-state index contributed by atoms with van der Waals surface area (Å²) in [4.78, 5) is 21.7. The summed E-state index contributed by atoms with van der Waals surface area (Å²) in [6.07, 6.45) is 1.31. The largest absolute Gasteiger partial charge is 0.368 e. The first-order valence-corrected chi connectivity index (χ1v) is 3.71. The summed E-state index contributed by atoms with van der Waals surface area (Å²) in [6, 6.07) is -0.764. The maximum Gasteiger partial charge on any atom is 0.244 e. The standard InChI is InChI=1S/C8H14N2O2/c1-4-6(7(9)11)10-8(12)5(2)3/h4-6H,1H2,2-3H3,(H2,9,11)(H,10,12). The minimum absolute atomic E-state index is 0.160. The summed E-state index contributed by atoms with van der Waals surface area (Å²) in [5.74, 6) is -0.968. The van der Waals surface area contributed by atoms with Crippen LogP contribution in [-0.4, -0.2) is 17.9 Å². The average Bonchev–Trinajstić information content (AvgIpc) is 1.98. The zero-order valence-corrected chi connectivity index (χ0v) is 7.33. The number of amides is 2. The second-order valence-electron chi connectivity index (χ2n) is 2.78. The van der Waals surface area contributed by atoms with Crippen LogP contribution in [0.25, 0.3) is 0 Å². The van der Waals surface area contributed by atoms with E-state index in [0.29, 0.717) is 0 Å². The lowest BCUT2D eigenvalue weighted by Gasteiger charge is -2.12. The summed E-state index contributed by atoms with van der Waals surface area (Å²) in [5, 5.41) is 2.43. The van der Waals surface area contributed by atoms with Crippen LogP contribution in [0.3, 0.4) is 0 Å². The molecule has 0 bridgehead atoms. The molecule has 4 nitrogen and oxygen atoms in total. The molecule has 0 fully saturated rings. The number of nitrogens with two attached hydrogens (primary N) is 1. The van der Waals surface area contributed by atoms with Gasteiger partial charge in [0.25, 0.3) is 0 Å². The molecule has 0 aromatic carbocycles. The van der Waals surface area contributed by atoms with Crippen molar-refractivity contribution < 1.29 is 9.59 Å². The van der Waals surface area contributed by atoms with E-state index < -0.39 is 11.9 Å². The highest BCUT2D eigenvalue weighted by molar-refractivity contribution is 5.88. The van der Waals surface area contributed by atoms with Crippen LogP contribution >= 0.6 is 0 Å². The lowest BCUT2D eigenvalue weighted by atomic mass is 10.2. The van der Waals surface area contributed by atoms with Crippen LogP contribution in [-0.2, 0) is 9.59 Å². The van der Waals surface area contributed by atoms with Gasteiger partial charge in [0.1, 0.15) is 6.04 Å². The van der Waals surface area contributed by atoms with Crippen molar-refractivity contribution in [2.75, 3.05) is 0 Å². The van der Waals surface area contributed by atoms with E-state index in [2.05, 4.69) is 11.9 Å². The number of carbonyl (C=O) groups is 2. The lowest BCUT2D eigenvalue weighted by Crippen LogP contribution is -2.44. The molecule has 0 rings (SSSR count). The van der Waals surface area contributed by atoms with Gasteiger partial charge in [-0.15, -0.1) is 6.58 Å². The number of hydrogen-bond acceptors (Lipinski definition) is 2. The molecular weight excluding hydrogens is 156 g/mol. The molecule has 0 saturated carbocycles. The Balaban J connectivity index is 4.12. The van der Waals surface area contributed by atoms with E-state index in [1.165, 1.54) is 6.08 Å². The quantitative estimate of drug-likeness (QED) is 0.573. The fourth-order valence-corrected chi connectivity index (χ4v) is 0.566. The molecule has 3 N–H and O–H groups in total. The van der Waals surface area contributed by atoms with Crippen LogP contribution in [0.15, 0.2) is 12.7 Å². The van der Waals surface area contributed by atoms with Crippen molar-refractivity contribution in [2.45, 2.75) is 19.9 Å². The maximum absolute atomic E-state index is 11.0. The molecule has 12 heavy (non-hydrogen) atoms. The van der Waals surface area contributed by atoms with Crippen molar-refractivity contribution in [2.24, 2.45) is 11.7 Å². The van der Waals surface area contributed by atoms with Crippen LogP contribution in [0.2, 0.25) is 0 Å². The molecule has 0 aromatic rings. The van der Waals surface area contributed by atoms with Gasteiger partial charge < -0.3 is 11.1 Å². The average molecular weight is 170 g/mol. The molecule has 0 aromatic heterocycles. The summed E-state index contributed by atoms with van der Waals surface area (Å²) < 4.78 is 0. The first-order valence-electron chi connectivity index (χ1n) is 3.71. The molecule has 1 atom stereocenters. The molecule has 0 aliphatic heterocycles. The minimum atomic E-state index is -0.764. The van der Waals surface area contributed by atoms with Gasteiger partial charge in [0.15, 0.2) is 0 Å². The van der Waals surface area contributed by atoms with Crippen molar-refractivity contribution in [1.82, 2.24) is 5.32 Å². The Kier molecular flexibility index (Phi) is 4.04. The van der Waals surface area contributed by atoms with Crippen LogP contribution in [0.4, 0.5) is 0 Å². The van der Waals surface area contributed by atoms with E-state index in [4.69, 9.17) is 5.73 Å². The third-order valence-corrected chi connectivity index (χ3v) is 1.36. The molecule has 2 amide bonds. The van der Waals surface area contributed by atoms with Gasteiger partial charge >= 0.3 is 0 Å². The Morgan fingerprint density at radius 1 is 1.50 bits per heavy atom. The molecule has 68 valence electrons. The Hall–Kier alpha value is -1.32. The third kappa shape index (κ3) is 3.18. The Labute approximate surface area is 71.8 Å². The maximum atomic E-state index is 11.0. The fraction of sp³-hybridized carbons (Fsp3) is 0.500. The fourth-order valence-electron chi connectivity index (χ4n) is 0.566. The lowest BCUT2D eigenvalue weighted by molar-refractivity contribution is -0.128. The summed E-state index contributed by atoms with van der Waals surface area (Å²) in [5.41, 5.74) is 4.97. The topological polar surface area (TPSA) is 72.2 Å². The van der Waals surface area contributed by atoms with E-state index in [0.717, 1.165) is 0 Å². The van der Waals surface area contributed by atoms with Gasteiger partial charge in [-0.1, -0.05) is 19.9 Å². The summed E-state index contributed by atoms with van der Waals surface area (Å²) >= 11 is 0. The van der Waals surface area contributed by atoms with E-state index in [9.17, 15) is 9.59 Å². The van der Waals surface area contributed by atoms with Crippen LogP contribution in [0, 0.1) is 5.92 Å². The van der Waals surface area contributed by atoms with Crippen molar-refractivity contribution in [3.05, 3.63) is 12.7 Å². The second-order valence-corrected chi connectivity index (χ2v) is 2.78. The van der Waals surface area contributed by atoms with Gasteiger partial charge in [0.2, 0.25) is 11.8 Å². The first-order chi connectivity index (χ1) is 5.49. The molecule has 0 saturated heterocycles. The van der Waals surface area contributed by atoms with E-state index >= 15 is 0 Å². The normalized spacial score (nSPS) is 12.2. The molecule has 0 aliphatic rings. The van der Waals surface area contributed by atoms with E-state index in [1.54, 1.807) is 13.8 Å². The number of rotatable bonds is 4. The predicted molar refractivity (Wildman–Crippen MR) is 46.2 cm³/mol. The highest BCUT2D eigenvalue weighted by atomic mass is 16.2. The van der Waals surface area contributed by atoms with Gasteiger partial charge in [-0.05, 0) is 0 Å². The van der Waals surface area contributed by atoms with Gasteiger partial charge in [-0.3, -0.25) is 9.59 Å². The van der Waals surface area contributed by atoms with E-state index in [1.807, 2.05) is 0 Å².